The van der Waals surface area contributed by atoms with E-state index in [1.54, 1.807) is 7.11 Å². The highest BCUT2D eigenvalue weighted by Crippen LogP contribution is 2.27. The summed E-state index contributed by atoms with van der Waals surface area (Å²) in [4.78, 5) is 0. The van der Waals surface area contributed by atoms with Crippen LogP contribution >= 0.6 is 0 Å². The SMILES string of the molecule is CO[C@H]1CNCC[C@@H]1c1ccc(F)cc1. The van der Waals surface area contributed by atoms with Gasteiger partial charge in [0.05, 0.1) is 6.10 Å². The average molecular weight is 209 g/mol. The molecule has 2 nitrogen and oxygen atoms in total. The molecule has 0 saturated carbocycles. The molecule has 1 aromatic rings. The summed E-state index contributed by atoms with van der Waals surface area (Å²) in [5.41, 5.74) is 1.17. The summed E-state index contributed by atoms with van der Waals surface area (Å²) in [5.74, 6) is 0.207. The Morgan fingerprint density at radius 3 is 2.73 bits per heavy atom. The normalized spacial score (nSPS) is 26.5. The number of ether oxygens (including phenoxy) is 1. The minimum absolute atomic E-state index is 0.179. The molecule has 15 heavy (non-hydrogen) atoms. The molecule has 1 heterocycles. The van der Waals surface area contributed by atoms with Gasteiger partial charge in [0.2, 0.25) is 0 Å². The van der Waals surface area contributed by atoms with Gasteiger partial charge in [-0.1, -0.05) is 12.1 Å². The Morgan fingerprint density at radius 1 is 1.33 bits per heavy atom. The zero-order chi connectivity index (χ0) is 10.7. The highest BCUT2D eigenvalue weighted by molar-refractivity contribution is 5.22. The summed E-state index contributed by atoms with van der Waals surface area (Å²) < 4.78 is 18.2. The maximum atomic E-state index is 12.8. The zero-order valence-electron chi connectivity index (χ0n) is 8.87. The van der Waals surface area contributed by atoms with E-state index in [2.05, 4.69) is 5.32 Å². The van der Waals surface area contributed by atoms with Crippen LogP contribution in [0.5, 0.6) is 0 Å². The summed E-state index contributed by atoms with van der Waals surface area (Å²) in [7, 11) is 1.73. The molecule has 1 saturated heterocycles. The number of hydrogen-bond donors (Lipinski definition) is 1. The lowest BCUT2D eigenvalue weighted by atomic mass is 9.88. The molecule has 2 atom stereocenters. The Bertz CT molecular complexity index is 312. The van der Waals surface area contributed by atoms with Crippen molar-refractivity contribution in [2.24, 2.45) is 0 Å². The maximum Gasteiger partial charge on any atom is 0.123 e. The van der Waals surface area contributed by atoms with Crippen molar-refractivity contribution in [2.75, 3.05) is 20.2 Å². The van der Waals surface area contributed by atoms with Gasteiger partial charge in [-0.2, -0.15) is 0 Å². The van der Waals surface area contributed by atoms with E-state index >= 15 is 0 Å². The molecule has 1 aliphatic heterocycles. The van der Waals surface area contributed by atoms with Gasteiger partial charge in [0.1, 0.15) is 5.82 Å². The van der Waals surface area contributed by atoms with Crippen molar-refractivity contribution in [1.82, 2.24) is 5.32 Å². The first-order valence-electron chi connectivity index (χ1n) is 5.30. The summed E-state index contributed by atoms with van der Waals surface area (Å²) in [5, 5.41) is 3.30. The van der Waals surface area contributed by atoms with Gasteiger partial charge in [-0.05, 0) is 30.7 Å². The highest BCUT2D eigenvalue weighted by atomic mass is 19.1. The zero-order valence-corrected chi connectivity index (χ0v) is 8.87. The lowest BCUT2D eigenvalue weighted by Crippen LogP contribution is -2.40. The molecule has 82 valence electrons. The van der Waals surface area contributed by atoms with Crippen molar-refractivity contribution >= 4 is 0 Å². The molecule has 1 fully saturated rings. The Balaban J connectivity index is 2.16. The van der Waals surface area contributed by atoms with Crippen molar-refractivity contribution in [3.63, 3.8) is 0 Å². The van der Waals surface area contributed by atoms with Crippen LogP contribution in [0.2, 0.25) is 0 Å². The van der Waals surface area contributed by atoms with Crippen molar-refractivity contribution in [2.45, 2.75) is 18.4 Å². The lowest BCUT2D eigenvalue weighted by molar-refractivity contribution is 0.0625. The maximum absolute atomic E-state index is 12.8. The van der Waals surface area contributed by atoms with Crippen LogP contribution in [0, 0.1) is 5.82 Å². The average Bonchev–Trinajstić information content (AvgIpc) is 2.30. The van der Waals surface area contributed by atoms with Crippen molar-refractivity contribution in [1.29, 1.82) is 0 Å². The third kappa shape index (κ3) is 2.36. The van der Waals surface area contributed by atoms with Crippen LogP contribution < -0.4 is 5.32 Å². The first-order chi connectivity index (χ1) is 7.31. The van der Waals surface area contributed by atoms with E-state index in [-0.39, 0.29) is 11.9 Å². The van der Waals surface area contributed by atoms with E-state index in [1.165, 1.54) is 17.7 Å². The molecule has 0 bridgehead atoms. The third-order valence-corrected chi connectivity index (χ3v) is 3.03. The second-order valence-electron chi connectivity index (χ2n) is 3.92. The monoisotopic (exact) mass is 209 g/mol. The topological polar surface area (TPSA) is 21.3 Å². The summed E-state index contributed by atoms with van der Waals surface area (Å²) >= 11 is 0. The fourth-order valence-electron chi connectivity index (χ4n) is 2.17. The quantitative estimate of drug-likeness (QED) is 0.803. The molecular formula is C12H16FNO. The van der Waals surface area contributed by atoms with Crippen molar-refractivity contribution < 1.29 is 9.13 Å². The van der Waals surface area contributed by atoms with E-state index in [0.29, 0.717) is 5.92 Å². The standard InChI is InChI=1S/C12H16FNO/c1-15-12-8-14-7-6-11(12)9-2-4-10(13)5-3-9/h2-5,11-12,14H,6-8H2,1H3/t11-,12+/m1/s1. The number of piperidine rings is 1. The van der Waals surface area contributed by atoms with E-state index in [0.717, 1.165) is 19.5 Å². The molecule has 0 amide bonds. The van der Waals surface area contributed by atoms with Crippen LogP contribution in [0.1, 0.15) is 17.9 Å². The highest BCUT2D eigenvalue weighted by Gasteiger charge is 2.25. The van der Waals surface area contributed by atoms with Crippen LogP contribution in [0.15, 0.2) is 24.3 Å². The van der Waals surface area contributed by atoms with E-state index in [4.69, 9.17) is 4.74 Å². The Kier molecular flexibility index (Phi) is 3.34. The van der Waals surface area contributed by atoms with Crippen LogP contribution in [0.3, 0.4) is 0 Å². The first-order valence-corrected chi connectivity index (χ1v) is 5.30. The fraction of sp³-hybridized carbons (Fsp3) is 0.500. The van der Waals surface area contributed by atoms with Crippen molar-refractivity contribution in [3.8, 4) is 0 Å². The molecule has 0 aromatic heterocycles. The predicted octanol–water partition coefficient (Wildman–Crippen LogP) is 1.92. The van der Waals surface area contributed by atoms with Crippen LogP contribution in [-0.2, 0) is 4.74 Å². The molecule has 1 aliphatic rings. The molecule has 0 aliphatic carbocycles. The number of rotatable bonds is 2. The molecular weight excluding hydrogens is 193 g/mol. The second kappa shape index (κ2) is 4.73. The Labute approximate surface area is 89.4 Å². The molecule has 1 N–H and O–H groups in total. The minimum Gasteiger partial charge on any atom is -0.379 e. The number of nitrogens with one attached hydrogen (secondary N) is 1. The molecule has 3 heteroatoms. The van der Waals surface area contributed by atoms with Gasteiger partial charge in [-0.25, -0.2) is 4.39 Å². The summed E-state index contributed by atoms with van der Waals surface area (Å²) in [6.45, 7) is 1.88. The van der Waals surface area contributed by atoms with Crippen molar-refractivity contribution in [3.05, 3.63) is 35.6 Å². The van der Waals surface area contributed by atoms with Gasteiger partial charge in [0, 0.05) is 19.6 Å². The summed E-state index contributed by atoms with van der Waals surface area (Å²) in [6.07, 6.45) is 1.24. The first kappa shape index (κ1) is 10.6. The van der Waals surface area contributed by atoms with Gasteiger partial charge < -0.3 is 10.1 Å². The molecule has 0 radical (unpaired) electrons. The molecule has 0 unspecified atom stereocenters. The van der Waals surface area contributed by atoms with Crippen LogP contribution in [0.25, 0.3) is 0 Å². The van der Waals surface area contributed by atoms with Gasteiger partial charge in [0.15, 0.2) is 0 Å². The van der Waals surface area contributed by atoms with Gasteiger partial charge >= 0.3 is 0 Å². The third-order valence-electron chi connectivity index (χ3n) is 3.03. The van der Waals surface area contributed by atoms with E-state index in [1.807, 2.05) is 12.1 Å². The van der Waals surface area contributed by atoms with Crippen LogP contribution in [-0.4, -0.2) is 26.3 Å². The molecule has 0 spiro atoms. The lowest BCUT2D eigenvalue weighted by Gasteiger charge is -2.31. The van der Waals surface area contributed by atoms with Crippen LogP contribution in [0.4, 0.5) is 4.39 Å². The number of hydrogen-bond acceptors (Lipinski definition) is 2. The van der Waals surface area contributed by atoms with E-state index in [9.17, 15) is 4.39 Å². The minimum atomic E-state index is -0.179. The Morgan fingerprint density at radius 2 is 2.07 bits per heavy atom. The number of benzene rings is 1. The number of halogens is 1. The van der Waals surface area contributed by atoms with Gasteiger partial charge in [-0.15, -0.1) is 0 Å². The molecule has 2 rings (SSSR count). The Hall–Kier alpha value is -0.930. The van der Waals surface area contributed by atoms with Gasteiger partial charge in [0.25, 0.3) is 0 Å². The van der Waals surface area contributed by atoms with E-state index < -0.39 is 0 Å². The smallest absolute Gasteiger partial charge is 0.123 e. The predicted molar refractivity (Wildman–Crippen MR) is 57.4 cm³/mol. The fourth-order valence-corrected chi connectivity index (χ4v) is 2.17. The summed E-state index contributed by atoms with van der Waals surface area (Å²) in [6, 6.07) is 6.75. The van der Waals surface area contributed by atoms with Gasteiger partial charge in [-0.3, -0.25) is 0 Å². The number of methoxy groups -OCH3 is 1. The molecule has 1 aromatic carbocycles. The second-order valence-corrected chi connectivity index (χ2v) is 3.92. The largest absolute Gasteiger partial charge is 0.379 e.